The summed E-state index contributed by atoms with van der Waals surface area (Å²) < 4.78 is 10.6. The van der Waals surface area contributed by atoms with Crippen LogP contribution >= 0.6 is 11.6 Å². The molecule has 0 saturated heterocycles. The Kier molecular flexibility index (Phi) is 3.35. The average Bonchev–Trinajstić information content (AvgIpc) is 2.87. The summed E-state index contributed by atoms with van der Waals surface area (Å²) in [6, 6.07) is 8.98. The number of halogens is 1. The highest BCUT2D eigenvalue weighted by Crippen LogP contribution is 2.34. The molecule has 21 heavy (non-hydrogen) atoms. The lowest BCUT2D eigenvalue weighted by molar-refractivity contribution is 0.356. The zero-order valence-corrected chi connectivity index (χ0v) is 12.4. The number of aromatic nitrogens is 2. The number of anilines is 1. The molecule has 108 valence electrons. The second-order valence-corrected chi connectivity index (χ2v) is 4.98. The third kappa shape index (κ3) is 2.36. The fourth-order valence-corrected chi connectivity index (χ4v) is 2.39. The van der Waals surface area contributed by atoms with Gasteiger partial charge in [-0.2, -0.15) is 0 Å². The average molecular weight is 304 g/mol. The lowest BCUT2D eigenvalue weighted by atomic mass is 10.2. The number of nitrogens with two attached hydrogens (primary N) is 1. The predicted molar refractivity (Wildman–Crippen MR) is 84.1 cm³/mol. The lowest BCUT2D eigenvalue weighted by Gasteiger charge is -2.06. The van der Waals surface area contributed by atoms with Crippen LogP contribution in [0.15, 0.2) is 30.3 Å². The van der Waals surface area contributed by atoms with E-state index < -0.39 is 0 Å². The van der Waals surface area contributed by atoms with Crippen molar-refractivity contribution < 1.29 is 9.47 Å². The predicted octanol–water partition coefficient (Wildman–Crippen LogP) is 3.48. The number of hydrogen-bond acceptors (Lipinski definition) is 4. The summed E-state index contributed by atoms with van der Waals surface area (Å²) in [5.41, 5.74) is 8.98. The van der Waals surface area contributed by atoms with Crippen LogP contribution in [-0.2, 0) is 0 Å². The van der Waals surface area contributed by atoms with Gasteiger partial charge in [0.2, 0.25) is 0 Å². The smallest absolute Gasteiger partial charge is 0.163 e. The Morgan fingerprint density at radius 3 is 2.48 bits per heavy atom. The van der Waals surface area contributed by atoms with Gasteiger partial charge in [-0.1, -0.05) is 11.6 Å². The first-order chi connectivity index (χ1) is 10.1. The Bertz CT molecular complexity index is 773. The van der Waals surface area contributed by atoms with Gasteiger partial charge in [-0.3, -0.25) is 0 Å². The van der Waals surface area contributed by atoms with Crippen LogP contribution in [0.3, 0.4) is 0 Å². The first kappa shape index (κ1) is 13.6. The maximum atomic E-state index is 5.99. The summed E-state index contributed by atoms with van der Waals surface area (Å²) in [5, 5.41) is 0.593. The molecule has 0 unspecified atom stereocenters. The number of rotatable bonds is 3. The molecular weight excluding hydrogens is 290 g/mol. The molecule has 6 heteroatoms. The van der Waals surface area contributed by atoms with Crippen molar-refractivity contribution in [2.45, 2.75) is 0 Å². The van der Waals surface area contributed by atoms with Crippen molar-refractivity contribution in [1.29, 1.82) is 0 Å². The lowest BCUT2D eigenvalue weighted by Crippen LogP contribution is -1.90. The van der Waals surface area contributed by atoms with E-state index in [0.29, 0.717) is 28.0 Å². The second kappa shape index (κ2) is 5.18. The molecule has 0 fully saturated rings. The quantitative estimate of drug-likeness (QED) is 0.727. The minimum atomic E-state index is 0.570. The summed E-state index contributed by atoms with van der Waals surface area (Å²) in [6.07, 6.45) is 0. The number of hydrogen-bond donors (Lipinski definition) is 2. The molecule has 1 aromatic heterocycles. The molecule has 0 aliphatic heterocycles. The van der Waals surface area contributed by atoms with E-state index in [4.69, 9.17) is 26.8 Å². The van der Waals surface area contributed by atoms with Gasteiger partial charge in [-0.15, -0.1) is 0 Å². The SMILES string of the molecule is COc1cc2nc(-c3ccc(Cl)cc3N)[nH]c2cc1OC. The molecule has 0 atom stereocenters. The summed E-state index contributed by atoms with van der Waals surface area (Å²) >= 11 is 5.92. The number of nitrogen functional groups attached to an aromatic ring is 1. The van der Waals surface area contributed by atoms with E-state index in [9.17, 15) is 0 Å². The van der Waals surface area contributed by atoms with Crippen LogP contribution in [0.2, 0.25) is 5.02 Å². The van der Waals surface area contributed by atoms with Crippen molar-refractivity contribution in [3.05, 3.63) is 35.4 Å². The number of nitrogens with zero attached hydrogens (tertiary/aromatic N) is 1. The van der Waals surface area contributed by atoms with Crippen molar-refractivity contribution in [1.82, 2.24) is 9.97 Å². The third-order valence-corrected chi connectivity index (χ3v) is 3.49. The molecule has 0 saturated carbocycles. The second-order valence-electron chi connectivity index (χ2n) is 4.54. The van der Waals surface area contributed by atoms with Crippen LogP contribution in [0.25, 0.3) is 22.4 Å². The number of imidazole rings is 1. The number of H-pyrrole nitrogens is 1. The minimum absolute atomic E-state index is 0.570. The van der Waals surface area contributed by atoms with Crippen LogP contribution in [0.1, 0.15) is 0 Å². The standard InChI is InChI=1S/C15H14ClN3O2/c1-20-13-6-11-12(7-14(13)21-2)19-15(18-11)9-4-3-8(16)5-10(9)17/h3-7H,17H2,1-2H3,(H,18,19). The van der Waals surface area contributed by atoms with Gasteiger partial charge in [0.25, 0.3) is 0 Å². The van der Waals surface area contributed by atoms with Gasteiger partial charge < -0.3 is 20.2 Å². The van der Waals surface area contributed by atoms with Crippen molar-refractivity contribution in [2.24, 2.45) is 0 Å². The fraction of sp³-hybridized carbons (Fsp3) is 0.133. The van der Waals surface area contributed by atoms with Crippen LogP contribution in [0.5, 0.6) is 11.5 Å². The molecule has 0 amide bonds. The molecule has 0 bridgehead atoms. The number of fused-ring (bicyclic) bond motifs is 1. The first-order valence-corrected chi connectivity index (χ1v) is 6.67. The monoisotopic (exact) mass is 303 g/mol. The van der Waals surface area contributed by atoms with Gasteiger partial charge in [0, 0.05) is 28.4 Å². The number of ether oxygens (including phenoxy) is 2. The first-order valence-electron chi connectivity index (χ1n) is 6.29. The molecule has 0 aliphatic carbocycles. The van der Waals surface area contributed by atoms with E-state index in [1.54, 1.807) is 26.4 Å². The zero-order valence-electron chi connectivity index (χ0n) is 11.6. The molecule has 0 spiro atoms. The van der Waals surface area contributed by atoms with Gasteiger partial charge in [0.15, 0.2) is 11.5 Å². The summed E-state index contributed by atoms with van der Waals surface area (Å²) in [7, 11) is 3.19. The molecule has 5 nitrogen and oxygen atoms in total. The molecule has 0 radical (unpaired) electrons. The number of methoxy groups -OCH3 is 2. The zero-order chi connectivity index (χ0) is 15.0. The highest BCUT2D eigenvalue weighted by Gasteiger charge is 2.12. The van der Waals surface area contributed by atoms with Gasteiger partial charge >= 0.3 is 0 Å². The number of benzene rings is 2. The van der Waals surface area contributed by atoms with Gasteiger partial charge in [-0.05, 0) is 18.2 Å². The highest BCUT2D eigenvalue weighted by molar-refractivity contribution is 6.31. The number of aromatic amines is 1. The molecule has 0 aliphatic rings. The Morgan fingerprint density at radius 1 is 1.10 bits per heavy atom. The molecule has 3 rings (SSSR count). The molecule has 3 N–H and O–H groups in total. The van der Waals surface area contributed by atoms with Crippen LogP contribution in [-0.4, -0.2) is 24.2 Å². The Morgan fingerprint density at radius 2 is 1.81 bits per heavy atom. The molecular formula is C15H14ClN3O2. The maximum absolute atomic E-state index is 5.99. The van der Waals surface area contributed by atoms with E-state index in [-0.39, 0.29) is 0 Å². The summed E-state index contributed by atoms with van der Waals surface area (Å²) in [5.74, 6) is 1.95. The summed E-state index contributed by atoms with van der Waals surface area (Å²) in [4.78, 5) is 7.77. The van der Waals surface area contributed by atoms with Crippen LogP contribution in [0.4, 0.5) is 5.69 Å². The molecule has 2 aromatic carbocycles. The topological polar surface area (TPSA) is 73.2 Å². The van der Waals surface area contributed by atoms with E-state index >= 15 is 0 Å². The summed E-state index contributed by atoms with van der Waals surface area (Å²) in [6.45, 7) is 0. The van der Waals surface area contributed by atoms with Gasteiger partial charge in [-0.25, -0.2) is 4.98 Å². The minimum Gasteiger partial charge on any atom is -0.493 e. The molecule has 3 aromatic rings. The Labute approximate surface area is 126 Å². The highest BCUT2D eigenvalue weighted by atomic mass is 35.5. The fourth-order valence-electron chi connectivity index (χ4n) is 2.21. The largest absolute Gasteiger partial charge is 0.493 e. The van der Waals surface area contributed by atoms with Crippen molar-refractivity contribution in [2.75, 3.05) is 20.0 Å². The van der Waals surface area contributed by atoms with Gasteiger partial charge in [0.05, 0.1) is 25.3 Å². The van der Waals surface area contributed by atoms with E-state index in [0.717, 1.165) is 16.6 Å². The van der Waals surface area contributed by atoms with Gasteiger partial charge in [0.1, 0.15) is 5.82 Å². The van der Waals surface area contributed by atoms with Crippen molar-refractivity contribution >= 4 is 28.3 Å². The Hall–Kier alpha value is -2.40. The normalized spacial score (nSPS) is 10.8. The van der Waals surface area contributed by atoms with E-state index in [1.807, 2.05) is 18.2 Å². The number of nitrogens with one attached hydrogen (secondary N) is 1. The third-order valence-electron chi connectivity index (χ3n) is 3.26. The van der Waals surface area contributed by atoms with Crippen LogP contribution in [0, 0.1) is 0 Å². The Balaban J connectivity index is 2.16. The van der Waals surface area contributed by atoms with Crippen molar-refractivity contribution in [3.63, 3.8) is 0 Å². The van der Waals surface area contributed by atoms with Crippen LogP contribution < -0.4 is 15.2 Å². The maximum Gasteiger partial charge on any atom is 0.163 e. The van der Waals surface area contributed by atoms with E-state index in [1.165, 1.54) is 0 Å². The van der Waals surface area contributed by atoms with Crippen molar-refractivity contribution in [3.8, 4) is 22.9 Å². The molecule has 1 heterocycles. The van der Waals surface area contributed by atoms with E-state index in [2.05, 4.69) is 9.97 Å².